The van der Waals surface area contributed by atoms with E-state index in [1.54, 1.807) is 0 Å². The average molecular weight is 266 g/mol. The van der Waals surface area contributed by atoms with Crippen LogP contribution >= 0.6 is 0 Å². The van der Waals surface area contributed by atoms with E-state index in [0.717, 1.165) is 37.3 Å². The molecule has 0 aliphatic heterocycles. The number of rotatable bonds is 3. The summed E-state index contributed by atoms with van der Waals surface area (Å²) in [5.41, 5.74) is 0. The fourth-order valence-electron chi connectivity index (χ4n) is 0.260. The van der Waals surface area contributed by atoms with Gasteiger partial charge in [0.1, 0.15) is 0 Å². The Morgan fingerprint density at radius 3 is 2.43 bits per heavy atom. The first kappa shape index (κ1) is 7.83. The van der Waals surface area contributed by atoms with Gasteiger partial charge in [-0.2, -0.15) is 0 Å². The third-order valence-corrected chi connectivity index (χ3v) is 1.66. The van der Waals surface area contributed by atoms with Gasteiger partial charge >= 0.3 is 60.5 Å². The van der Waals surface area contributed by atoms with Crippen LogP contribution in [0.25, 0.3) is 0 Å². The van der Waals surface area contributed by atoms with Gasteiger partial charge in [-0.05, 0) is 0 Å². The molecule has 0 aromatic heterocycles. The molecule has 0 saturated carbocycles. The Bertz CT molecular complexity index is 39.1. The van der Waals surface area contributed by atoms with Gasteiger partial charge in [-0.15, -0.1) is 0 Å². The summed E-state index contributed by atoms with van der Waals surface area (Å²) in [4.78, 5) is 0. The van der Waals surface area contributed by atoms with E-state index in [2.05, 4.69) is 13.8 Å². The van der Waals surface area contributed by atoms with E-state index in [4.69, 9.17) is 2.85 Å². The van der Waals surface area contributed by atoms with Crippen LogP contribution in [0.4, 0.5) is 0 Å². The Labute approximate surface area is 60.6 Å². The minimum atomic E-state index is 0.762. The van der Waals surface area contributed by atoms with Crippen LogP contribution in [0, 0.1) is 5.92 Å². The monoisotopic (exact) mass is 267 g/mol. The summed E-state index contributed by atoms with van der Waals surface area (Å²) in [6, 6.07) is 0. The van der Waals surface area contributed by atoms with Crippen LogP contribution in [-0.4, -0.2) is 6.61 Å². The van der Waals surface area contributed by atoms with Crippen molar-refractivity contribution >= 4 is 0 Å². The van der Waals surface area contributed by atoms with Crippen molar-refractivity contribution in [1.29, 1.82) is 0 Å². The Hall–Kier alpha value is 0.830. The zero-order valence-electron chi connectivity index (χ0n) is 4.90. The van der Waals surface area contributed by atoms with Crippen LogP contribution in [-0.2, 0) is 27.7 Å². The van der Waals surface area contributed by atoms with Gasteiger partial charge < -0.3 is 0 Å². The van der Waals surface area contributed by atoms with E-state index in [-0.39, 0.29) is 0 Å². The third kappa shape index (κ3) is 4.69. The van der Waals surface area contributed by atoms with Crippen molar-refractivity contribution in [3.63, 3.8) is 0 Å². The van der Waals surface area contributed by atoms with Gasteiger partial charge in [-0.1, -0.05) is 0 Å². The standard InChI is InChI=1S/C5H11O.Hf/c1-3-5(2)4-6;/h5H,3-4H2,1-2H3;/q-1;+1. The van der Waals surface area contributed by atoms with Gasteiger partial charge in [0.2, 0.25) is 0 Å². The summed E-state index contributed by atoms with van der Waals surface area (Å²) in [5.74, 6) is 0.762. The molecule has 0 saturated heterocycles. The van der Waals surface area contributed by atoms with Crippen molar-refractivity contribution in [2.75, 3.05) is 6.61 Å². The van der Waals surface area contributed by atoms with Gasteiger partial charge in [0.15, 0.2) is 0 Å². The number of hydrogen-bond acceptors (Lipinski definition) is 1. The van der Waals surface area contributed by atoms with Gasteiger partial charge in [0.05, 0.1) is 0 Å². The molecule has 0 aromatic rings. The Morgan fingerprint density at radius 1 is 1.71 bits per heavy atom. The first-order chi connectivity index (χ1) is 3.31. The van der Waals surface area contributed by atoms with E-state index in [1.165, 1.54) is 6.42 Å². The summed E-state index contributed by atoms with van der Waals surface area (Å²) < 4.78 is 5.03. The van der Waals surface area contributed by atoms with Crippen molar-refractivity contribution in [2.45, 2.75) is 20.3 Å². The minimum absolute atomic E-state index is 0.762. The predicted octanol–water partition coefficient (Wildman–Crippen LogP) is 1.51. The van der Waals surface area contributed by atoms with Crippen LogP contribution in [0.5, 0.6) is 0 Å². The van der Waals surface area contributed by atoms with Crippen LogP contribution in [0.1, 0.15) is 20.3 Å². The van der Waals surface area contributed by atoms with Crippen molar-refractivity contribution in [1.82, 2.24) is 0 Å². The second-order valence-electron chi connectivity index (χ2n) is 1.82. The molecule has 7 heavy (non-hydrogen) atoms. The predicted molar refractivity (Wildman–Crippen MR) is 25.4 cm³/mol. The number of hydrogen-bond donors (Lipinski definition) is 0. The van der Waals surface area contributed by atoms with E-state index in [9.17, 15) is 0 Å². The Kier molecular flexibility index (Phi) is 5.57. The molecule has 0 aliphatic carbocycles. The molecule has 0 bridgehead atoms. The molecule has 2 heteroatoms. The molecule has 0 rings (SSSR count). The van der Waals surface area contributed by atoms with Crippen LogP contribution < -0.4 is 0 Å². The van der Waals surface area contributed by atoms with Crippen LogP contribution in [0.2, 0.25) is 0 Å². The third-order valence-electron chi connectivity index (χ3n) is 1.06. The molecule has 0 radical (unpaired) electrons. The Balaban J connectivity index is 2.83. The topological polar surface area (TPSA) is 9.23 Å². The first-order valence-electron chi connectivity index (χ1n) is 2.59. The van der Waals surface area contributed by atoms with Crippen molar-refractivity contribution in [3.05, 3.63) is 0 Å². The van der Waals surface area contributed by atoms with Gasteiger partial charge in [0.25, 0.3) is 0 Å². The maximum atomic E-state index is 5.03. The summed E-state index contributed by atoms with van der Waals surface area (Å²) in [7, 11) is 0. The quantitative estimate of drug-likeness (QED) is 0.703. The zero-order valence-corrected chi connectivity index (χ0v) is 8.49. The summed E-state index contributed by atoms with van der Waals surface area (Å²) in [6.45, 7) is 5.35. The van der Waals surface area contributed by atoms with Crippen molar-refractivity contribution in [2.24, 2.45) is 5.92 Å². The van der Waals surface area contributed by atoms with E-state index >= 15 is 0 Å². The SMILES string of the molecule is CCC(C)C[O][Hf]. The molecule has 1 atom stereocenters. The Morgan fingerprint density at radius 2 is 2.29 bits per heavy atom. The molecule has 1 nitrogen and oxygen atoms in total. The fourth-order valence-corrected chi connectivity index (χ4v) is 1.28. The van der Waals surface area contributed by atoms with E-state index in [0.29, 0.717) is 0 Å². The van der Waals surface area contributed by atoms with Gasteiger partial charge in [-0.3, -0.25) is 0 Å². The molecular weight excluding hydrogens is 255 g/mol. The molecule has 0 spiro atoms. The fraction of sp³-hybridized carbons (Fsp3) is 1.00. The van der Waals surface area contributed by atoms with Crippen molar-refractivity contribution < 1.29 is 27.7 Å². The van der Waals surface area contributed by atoms with E-state index < -0.39 is 0 Å². The van der Waals surface area contributed by atoms with E-state index in [1.807, 2.05) is 0 Å². The normalized spacial score (nSPS) is 13.9. The van der Waals surface area contributed by atoms with Crippen LogP contribution in [0.15, 0.2) is 0 Å². The molecule has 41 valence electrons. The molecule has 0 aromatic carbocycles. The molecule has 0 heterocycles. The van der Waals surface area contributed by atoms with Gasteiger partial charge in [-0.25, -0.2) is 0 Å². The molecule has 0 N–H and O–H groups in total. The van der Waals surface area contributed by atoms with Crippen LogP contribution in [0.3, 0.4) is 0 Å². The molecule has 1 unspecified atom stereocenters. The first-order valence-corrected chi connectivity index (χ1v) is 4.06. The second-order valence-corrected chi connectivity index (χ2v) is 2.86. The summed E-state index contributed by atoms with van der Waals surface area (Å²) in [5, 5.41) is 0. The molecular formula is C5H11HfO. The van der Waals surface area contributed by atoms with Crippen molar-refractivity contribution in [3.8, 4) is 0 Å². The molecule has 0 aliphatic rings. The zero-order chi connectivity index (χ0) is 5.70. The maximum absolute atomic E-state index is 5.03. The molecule has 0 fully saturated rings. The summed E-state index contributed by atoms with van der Waals surface area (Å²) >= 11 is 0.891. The molecule has 0 amide bonds. The summed E-state index contributed by atoms with van der Waals surface area (Å²) in [6.07, 6.45) is 1.24. The average Bonchev–Trinajstić information content (AvgIpc) is 1.68. The second kappa shape index (κ2) is 4.98. The van der Waals surface area contributed by atoms with Gasteiger partial charge in [0, 0.05) is 0 Å².